The van der Waals surface area contributed by atoms with E-state index in [1.54, 1.807) is 11.6 Å². The van der Waals surface area contributed by atoms with Gasteiger partial charge in [-0.2, -0.15) is 0 Å². The lowest BCUT2D eigenvalue weighted by atomic mass is 10.2. The highest BCUT2D eigenvalue weighted by atomic mass is 32.2. The van der Waals surface area contributed by atoms with E-state index in [-0.39, 0.29) is 5.03 Å². The molecule has 0 fully saturated rings. The smallest absolute Gasteiger partial charge is 0.260 e. The van der Waals surface area contributed by atoms with E-state index in [1.165, 1.54) is 19.6 Å². The van der Waals surface area contributed by atoms with E-state index in [0.29, 0.717) is 5.69 Å². The zero-order valence-electron chi connectivity index (χ0n) is 11.5. The number of aryl methyl sites for hydroxylation is 1. The third kappa shape index (κ3) is 2.63. The highest BCUT2D eigenvalue weighted by Crippen LogP contribution is 2.17. The largest absolute Gasteiger partial charge is 0.297 e. The maximum atomic E-state index is 11.9. The zero-order chi connectivity index (χ0) is 14.8. The number of nitrogens with one attached hydrogen (secondary N) is 1. The summed E-state index contributed by atoms with van der Waals surface area (Å²) in [5.41, 5.74) is 2.38. The van der Waals surface area contributed by atoms with Crippen molar-refractivity contribution in [2.75, 3.05) is 14.1 Å². The van der Waals surface area contributed by atoms with Crippen LogP contribution in [0.3, 0.4) is 0 Å². The number of imidazole rings is 1. The van der Waals surface area contributed by atoms with E-state index in [4.69, 9.17) is 0 Å². The summed E-state index contributed by atoms with van der Waals surface area (Å²) in [6, 6.07) is 7.71. The van der Waals surface area contributed by atoms with Crippen molar-refractivity contribution in [1.82, 2.24) is 14.3 Å². The second-order valence-corrected chi connectivity index (χ2v) is 6.04. The molecular weight excluding hydrogens is 276 g/mol. The molecule has 106 valence electrons. The molecule has 0 saturated carbocycles. The maximum Gasteiger partial charge on any atom is 0.260 e. The first-order chi connectivity index (χ1) is 9.49. The van der Waals surface area contributed by atoms with Gasteiger partial charge in [-0.05, 0) is 26.1 Å². The van der Waals surface area contributed by atoms with Gasteiger partial charge in [0, 0.05) is 18.9 Å². The molecule has 0 spiro atoms. The van der Waals surface area contributed by atoms with Crippen LogP contribution in [0.15, 0.2) is 40.6 Å². The molecule has 1 aromatic heterocycles. The third-order valence-electron chi connectivity index (χ3n) is 2.86. The quantitative estimate of drug-likeness (QED) is 0.858. The van der Waals surface area contributed by atoms with E-state index in [0.717, 1.165) is 11.3 Å². The first-order valence-electron chi connectivity index (χ1n) is 5.99. The monoisotopic (exact) mass is 292 g/mol. The average Bonchev–Trinajstić information content (AvgIpc) is 2.85. The Morgan fingerprint density at radius 2 is 1.95 bits per heavy atom. The van der Waals surface area contributed by atoms with Crippen LogP contribution in [0.4, 0.5) is 0 Å². The van der Waals surface area contributed by atoms with Crippen LogP contribution in [0.2, 0.25) is 0 Å². The second-order valence-electron chi connectivity index (χ2n) is 4.24. The molecule has 0 aliphatic rings. The van der Waals surface area contributed by atoms with Gasteiger partial charge in [0.2, 0.25) is 0 Å². The standard InChI is InChI=1S/C13H16N4O2S/c1-10-4-6-11(7-5-10)17-9-16-13(12(17)8-14-2)20(18,19)15-3/h4-9,15H,1-3H3. The summed E-state index contributed by atoms with van der Waals surface area (Å²) in [6.45, 7) is 1.99. The number of nitrogens with zero attached hydrogens (tertiary/aromatic N) is 3. The molecule has 0 aliphatic carbocycles. The van der Waals surface area contributed by atoms with Crippen molar-refractivity contribution < 1.29 is 8.42 Å². The molecule has 0 saturated heterocycles. The molecule has 0 atom stereocenters. The molecule has 0 radical (unpaired) electrons. The normalized spacial score (nSPS) is 12.2. The number of hydrogen-bond acceptors (Lipinski definition) is 4. The van der Waals surface area contributed by atoms with Crippen LogP contribution in [-0.2, 0) is 10.0 Å². The van der Waals surface area contributed by atoms with Crippen LogP contribution in [0.25, 0.3) is 5.69 Å². The Morgan fingerprint density at radius 1 is 1.30 bits per heavy atom. The first kappa shape index (κ1) is 14.4. The molecule has 0 bridgehead atoms. The summed E-state index contributed by atoms with van der Waals surface area (Å²) < 4.78 is 27.8. The molecule has 2 rings (SSSR count). The van der Waals surface area contributed by atoms with Crippen LogP contribution in [0.1, 0.15) is 11.3 Å². The Morgan fingerprint density at radius 3 is 2.50 bits per heavy atom. The molecule has 1 aromatic carbocycles. The zero-order valence-corrected chi connectivity index (χ0v) is 12.3. The summed E-state index contributed by atoms with van der Waals surface area (Å²) in [5, 5.41) is -0.0359. The van der Waals surface area contributed by atoms with Crippen molar-refractivity contribution in [1.29, 1.82) is 0 Å². The van der Waals surface area contributed by atoms with Crippen LogP contribution < -0.4 is 4.72 Å². The number of aromatic nitrogens is 2. The van der Waals surface area contributed by atoms with Gasteiger partial charge in [0.15, 0.2) is 5.03 Å². The first-order valence-corrected chi connectivity index (χ1v) is 7.48. The van der Waals surface area contributed by atoms with Crippen molar-refractivity contribution >= 4 is 16.2 Å². The van der Waals surface area contributed by atoms with Crippen molar-refractivity contribution in [3.05, 3.63) is 41.9 Å². The molecule has 1 heterocycles. The average molecular weight is 292 g/mol. The molecule has 6 nitrogen and oxygen atoms in total. The number of sulfonamides is 1. The van der Waals surface area contributed by atoms with Gasteiger partial charge in [0.1, 0.15) is 12.0 Å². The number of aliphatic imine (C=N–C) groups is 1. The lowest BCUT2D eigenvalue weighted by Gasteiger charge is -2.07. The molecule has 7 heteroatoms. The Hall–Kier alpha value is -1.99. The summed E-state index contributed by atoms with van der Waals surface area (Å²) >= 11 is 0. The van der Waals surface area contributed by atoms with Gasteiger partial charge in [-0.1, -0.05) is 17.7 Å². The Labute approximate surface area is 118 Å². The summed E-state index contributed by atoms with van der Waals surface area (Å²) in [7, 11) is -0.680. The fraction of sp³-hybridized carbons (Fsp3) is 0.231. The van der Waals surface area contributed by atoms with Crippen LogP contribution >= 0.6 is 0 Å². The van der Waals surface area contributed by atoms with Gasteiger partial charge in [-0.15, -0.1) is 0 Å². The Kier molecular flexibility index (Phi) is 4.01. The summed E-state index contributed by atoms with van der Waals surface area (Å²) in [4.78, 5) is 7.91. The summed E-state index contributed by atoms with van der Waals surface area (Å²) in [5.74, 6) is 0. The van der Waals surface area contributed by atoms with Crippen LogP contribution in [-0.4, -0.2) is 38.3 Å². The van der Waals surface area contributed by atoms with E-state index < -0.39 is 10.0 Å². The fourth-order valence-electron chi connectivity index (χ4n) is 1.80. The van der Waals surface area contributed by atoms with E-state index in [2.05, 4.69) is 14.7 Å². The van der Waals surface area contributed by atoms with Crippen molar-refractivity contribution in [3.63, 3.8) is 0 Å². The molecule has 2 aromatic rings. The van der Waals surface area contributed by atoms with Gasteiger partial charge in [0.05, 0.1) is 0 Å². The highest BCUT2D eigenvalue weighted by Gasteiger charge is 2.21. The predicted octanol–water partition coefficient (Wildman–Crippen LogP) is 1.14. The molecule has 1 N–H and O–H groups in total. The number of rotatable bonds is 4. The minimum Gasteiger partial charge on any atom is -0.297 e. The van der Waals surface area contributed by atoms with Crippen LogP contribution in [0.5, 0.6) is 0 Å². The van der Waals surface area contributed by atoms with Gasteiger partial charge in [0.25, 0.3) is 10.0 Å². The molecular formula is C13H16N4O2S. The maximum absolute atomic E-state index is 11.9. The van der Waals surface area contributed by atoms with Crippen molar-refractivity contribution in [2.24, 2.45) is 4.99 Å². The van der Waals surface area contributed by atoms with E-state index in [9.17, 15) is 8.42 Å². The lowest BCUT2D eigenvalue weighted by Crippen LogP contribution is -2.20. The number of benzene rings is 1. The molecule has 0 amide bonds. The molecule has 0 aliphatic heterocycles. The van der Waals surface area contributed by atoms with Crippen LogP contribution in [0, 0.1) is 6.92 Å². The molecule has 0 unspecified atom stereocenters. The number of hydrogen-bond donors (Lipinski definition) is 1. The van der Waals surface area contributed by atoms with Gasteiger partial charge >= 0.3 is 0 Å². The van der Waals surface area contributed by atoms with Gasteiger partial charge < -0.3 is 0 Å². The van der Waals surface area contributed by atoms with Gasteiger partial charge in [-0.25, -0.2) is 18.1 Å². The van der Waals surface area contributed by atoms with E-state index in [1.807, 2.05) is 31.2 Å². The third-order valence-corrected chi connectivity index (χ3v) is 4.22. The molecule has 20 heavy (non-hydrogen) atoms. The highest BCUT2D eigenvalue weighted by molar-refractivity contribution is 7.89. The minimum absolute atomic E-state index is 0.0359. The fourth-order valence-corrected chi connectivity index (χ4v) is 2.60. The Bertz CT molecular complexity index is 730. The Balaban J connectivity index is 2.64. The van der Waals surface area contributed by atoms with Crippen molar-refractivity contribution in [3.8, 4) is 5.69 Å². The lowest BCUT2D eigenvalue weighted by molar-refractivity contribution is 0.585. The van der Waals surface area contributed by atoms with Crippen molar-refractivity contribution in [2.45, 2.75) is 11.9 Å². The summed E-state index contributed by atoms with van der Waals surface area (Å²) in [6.07, 6.45) is 2.96. The topological polar surface area (TPSA) is 76.3 Å². The van der Waals surface area contributed by atoms with E-state index >= 15 is 0 Å². The second kappa shape index (κ2) is 5.56. The predicted molar refractivity (Wildman–Crippen MR) is 78.1 cm³/mol. The van der Waals surface area contributed by atoms with Gasteiger partial charge in [-0.3, -0.25) is 9.56 Å². The SMILES string of the molecule is CN=Cc1c(S(=O)(=O)NC)ncn1-c1ccc(C)cc1. The minimum atomic E-state index is -3.62.